The maximum absolute atomic E-state index is 13.0. The molecule has 0 atom stereocenters. The monoisotopic (exact) mass is 475 g/mol. The zero-order chi connectivity index (χ0) is 24.4. The molecule has 3 N–H and O–H groups in total. The molecule has 0 radical (unpaired) electrons. The Morgan fingerprint density at radius 3 is 2.21 bits per heavy atom. The lowest BCUT2D eigenvalue weighted by Crippen LogP contribution is -2.32. The molecule has 8 heteroatoms. The molecular formula is C26H22ClN3O4. The van der Waals surface area contributed by atoms with Crippen molar-refractivity contribution in [3.63, 3.8) is 0 Å². The third kappa shape index (κ3) is 4.65. The van der Waals surface area contributed by atoms with Gasteiger partial charge >= 0.3 is 0 Å². The zero-order valence-corrected chi connectivity index (χ0v) is 19.3. The van der Waals surface area contributed by atoms with Gasteiger partial charge in [0.25, 0.3) is 17.7 Å². The van der Waals surface area contributed by atoms with Crippen LogP contribution in [-0.4, -0.2) is 22.8 Å². The van der Waals surface area contributed by atoms with Gasteiger partial charge < -0.3 is 15.7 Å². The van der Waals surface area contributed by atoms with Gasteiger partial charge in [-0.25, -0.2) is 4.90 Å². The number of halogens is 1. The minimum Gasteiger partial charge on any atom is -0.508 e. The number of hydrogen-bond acceptors (Lipinski definition) is 5. The molecule has 1 heterocycles. The van der Waals surface area contributed by atoms with Gasteiger partial charge in [-0.3, -0.25) is 14.4 Å². The molecule has 0 spiro atoms. The summed E-state index contributed by atoms with van der Waals surface area (Å²) in [7, 11) is 0. The Kier molecular flexibility index (Phi) is 6.38. The highest BCUT2D eigenvalue weighted by molar-refractivity contribution is 6.53. The van der Waals surface area contributed by atoms with Crippen molar-refractivity contribution in [2.75, 3.05) is 15.5 Å². The average Bonchev–Trinajstić information content (AvgIpc) is 3.02. The molecule has 3 aromatic carbocycles. The molecule has 0 saturated heterocycles. The van der Waals surface area contributed by atoms with Crippen molar-refractivity contribution in [3.8, 4) is 5.75 Å². The number of rotatable bonds is 6. The SMILES string of the molecule is CC(C)c1ccc(N2C(=O)C(Cl)=C(Nc3ccc(C(=O)Nc4cccc(O)c4)cc3)C2=O)cc1. The maximum Gasteiger partial charge on any atom is 0.283 e. The summed E-state index contributed by atoms with van der Waals surface area (Å²) in [5.41, 5.74) is 2.81. The number of imide groups is 1. The summed E-state index contributed by atoms with van der Waals surface area (Å²) in [6, 6.07) is 19.8. The van der Waals surface area contributed by atoms with E-state index in [0.29, 0.717) is 28.5 Å². The van der Waals surface area contributed by atoms with Crippen LogP contribution < -0.4 is 15.5 Å². The topological polar surface area (TPSA) is 98.7 Å². The van der Waals surface area contributed by atoms with Crippen LogP contribution in [0, 0.1) is 0 Å². The van der Waals surface area contributed by atoms with E-state index in [9.17, 15) is 19.5 Å². The van der Waals surface area contributed by atoms with E-state index in [4.69, 9.17) is 11.6 Å². The maximum atomic E-state index is 13.0. The van der Waals surface area contributed by atoms with Gasteiger partial charge in [-0.2, -0.15) is 0 Å². The number of phenols is 1. The molecule has 0 fully saturated rings. The van der Waals surface area contributed by atoms with Crippen LogP contribution in [0.15, 0.2) is 83.5 Å². The first kappa shape index (κ1) is 23.1. The van der Waals surface area contributed by atoms with E-state index >= 15 is 0 Å². The Morgan fingerprint density at radius 2 is 1.59 bits per heavy atom. The molecule has 3 aromatic rings. The van der Waals surface area contributed by atoms with E-state index < -0.39 is 11.8 Å². The highest BCUT2D eigenvalue weighted by Gasteiger charge is 2.38. The number of hydrogen-bond donors (Lipinski definition) is 3. The second kappa shape index (κ2) is 9.41. The Hall–Kier alpha value is -4.10. The van der Waals surface area contributed by atoms with E-state index in [-0.39, 0.29) is 22.4 Å². The summed E-state index contributed by atoms with van der Waals surface area (Å²) in [4.78, 5) is 39.1. The number of amides is 3. The highest BCUT2D eigenvalue weighted by atomic mass is 35.5. The quantitative estimate of drug-likeness (QED) is 0.425. The first-order valence-corrected chi connectivity index (χ1v) is 11.0. The van der Waals surface area contributed by atoms with Gasteiger partial charge in [0.1, 0.15) is 16.5 Å². The highest BCUT2D eigenvalue weighted by Crippen LogP contribution is 2.31. The van der Waals surface area contributed by atoms with E-state index in [1.165, 1.54) is 12.1 Å². The van der Waals surface area contributed by atoms with E-state index in [0.717, 1.165) is 10.5 Å². The Morgan fingerprint density at radius 1 is 0.912 bits per heavy atom. The first-order valence-electron chi connectivity index (χ1n) is 10.6. The number of benzene rings is 3. The van der Waals surface area contributed by atoms with Crippen LogP contribution in [0.3, 0.4) is 0 Å². The number of nitrogens with zero attached hydrogens (tertiary/aromatic N) is 1. The van der Waals surface area contributed by atoms with E-state index in [2.05, 4.69) is 24.5 Å². The van der Waals surface area contributed by atoms with Crippen molar-refractivity contribution < 1.29 is 19.5 Å². The number of phenolic OH excluding ortho intramolecular Hbond substituents is 1. The van der Waals surface area contributed by atoms with Gasteiger partial charge in [-0.15, -0.1) is 0 Å². The third-order valence-electron chi connectivity index (χ3n) is 5.37. The molecular weight excluding hydrogens is 454 g/mol. The lowest BCUT2D eigenvalue weighted by Gasteiger charge is -2.16. The summed E-state index contributed by atoms with van der Waals surface area (Å²) in [5.74, 6) is -1.16. The fourth-order valence-corrected chi connectivity index (χ4v) is 3.70. The molecule has 0 aliphatic carbocycles. The smallest absolute Gasteiger partial charge is 0.283 e. The Balaban J connectivity index is 1.47. The van der Waals surface area contributed by atoms with Crippen molar-refractivity contribution in [3.05, 3.63) is 94.7 Å². The van der Waals surface area contributed by atoms with Crippen LogP contribution in [0.5, 0.6) is 5.75 Å². The van der Waals surface area contributed by atoms with Crippen LogP contribution in [0.2, 0.25) is 0 Å². The summed E-state index contributed by atoms with van der Waals surface area (Å²) in [5, 5.41) is 14.9. The molecule has 0 aromatic heterocycles. The zero-order valence-electron chi connectivity index (χ0n) is 18.5. The van der Waals surface area contributed by atoms with Gasteiger partial charge in [-0.1, -0.05) is 43.6 Å². The molecule has 0 bridgehead atoms. The Labute approximate surface area is 201 Å². The average molecular weight is 476 g/mol. The van der Waals surface area contributed by atoms with Crippen LogP contribution in [-0.2, 0) is 9.59 Å². The molecule has 0 unspecified atom stereocenters. The van der Waals surface area contributed by atoms with Gasteiger partial charge in [0, 0.05) is 23.0 Å². The van der Waals surface area contributed by atoms with Crippen molar-refractivity contribution in [1.29, 1.82) is 0 Å². The second-order valence-electron chi connectivity index (χ2n) is 8.09. The van der Waals surface area contributed by atoms with Crippen LogP contribution >= 0.6 is 11.6 Å². The Bertz CT molecular complexity index is 1300. The normalized spacial score (nSPS) is 13.6. The number of carbonyl (C=O) groups excluding carboxylic acids is 3. The molecule has 1 aliphatic heterocycles. The van der Waals surface area contributed by atoms with Gasteiger partial charge in [0.2, 0.25) is 0 Å². The van der Waals surface area contributed by atoms with Crippen molar-refractivity contribution in [2.45, 2.75) is 19.8 Å². The van der Waals surface area contributed by atoms with Crippen molar-refractivity contribution in [1.82, 2.24) is 0 Å². The fraction of sp³-hybridized carbons (Fsp3) is 0.115. The largest absolute Gasteiger partial charge is 0.508 e. The third-order valence-corrected chi connectivity index (χ3v) is 5.72. The molecule has 0 saturated carbocycles. The number of aromatic hydroxyl groups is 1. The molecule has 3 amide bonds. The van der Waals surface area contributed by atoms with E-state index in [1.807, 2.05) is 12.1 Å². The summed E-state index contributed by atoms with van der Waals surface area (Å²) < 4.78 is 0. The summed E-state index contributed by atoms with van der Waals surface area (Å²) in [6.45, 7) is 4.12. The molecule has 34 heavy (non-hydrogen) atoms. The minimum absolute atomic E-state index is 0.0310. The van der Waals surface area contributed by atoms with Crippen LogP contribution in [0.25, 0.3) is 0 Å². The standard InChI is InChI=1S/C26H22ClN3O4/c1-15(2)16-8-12-20(13-9-16)30-25(33)22(27)23(26(30)34)28-18-10-6-17(7-11-18)24(32)29-19-4-3-5-21(31)14-19/h3-15,28,31H,1-2H3,(H,29,32). The van der Waals surface area contributed by atoms with Crippen LogP contribution in [0.4, 0.5) is 17.1 Å². The number of nitrogens with one attached hydrogen (secondary N) is 2. The van der Waals surface area contributed by atoms with Crippen molar-refractivity contribution in [2.24, 2.45) is 0 Å². The lowest BCUT2D eigenvalue weighted by molar-refractivity contribution is -0.120. The predicted molar refractivity (Wildman–Crippen MR) is 132 cm³/mol. The van der Waals surface area contributed by atoms with Crippen molar-refractivity contribution >= 4 is 46.4 Å². The van der Waals surface area contributed by atoms with Gasteiger partial charge in [0.05, 0.1) is 5.69 Å². The lowest BCUT2D eigenvalue weighted by atomic mass is 10.0. The van der Waals surface area contributed by atoms with Crippen LogP contribution in [0.1, 0.15) is 35.7 Å². The predicted octanol–water partition coefficient (Wildman–Crippen LogP) is 5.20. The molecule has 1 aliphatic rings. The molecule has 4 rings (SSSR count). The number of carbonyl (C=O) groups is 3. The number of anilines is 3. The fourth-order valence-electron chi connectivity index (χ4n) is 3.49. The summed E-state index contributed by atoms with van der Waals surface area (Å²) >= 11 is 6.21. The van der Waals surface area contributed by atoms with Gasteiger partial charge in [-0.05, 0) is 60.0 Å². The van der Waals surface area contributed by atoms with E-state index in [1.54, 1.807) is 48.5 Å². The summed E-state index contributed by atoms with van der Waals surface area (Å²) in [6.07, 6.45) is 0. The molecule has 7 nitrogen and oxygen atoms in total. The second-order valence-corrected chi connectivity index (χ2v) is 8.47. The minimum atomic E-state index is -0.603. The first-order chi connectivity index (χ1) is 16.2. The molecule has 172 valence electrons. The van der Waals surface area contributed by atoms with Gasteiger partial charge in [0.15, 0.2) is 0 Å².